The van der Waals surface area contributed by atoms with Gasteiger partial charge in [0.25, 0.3) is 5.91 Å². The summed E-state index contributed by atoms with van der Waals surface area (Å²) in [6.07, 6.45) is -0.527. The molecule has 0 atom stereocenters. The molecule has 0 saturated heterocycles. The van der Waals surface area contributed by atoms with Crippen LogP contribution in [0.4, 0.5) is 16.4 Å². The van der Waals surface area contributed by atoms with Gasteiger partial charge in [-0.1, -0.05) is 12.1 Å². The van der Waals surface area contributed by atoms with Gasteiger partial charge in [0.1, 0.15) is 0 Å². The van der Waals surface area contributed by atoms with Gasteiger partial charge >= 0.3 is 6.09 Å². The highest BCUT2D eigenvalue weighted by atomic mass is 16.5. The second kappa shape index (κ2) is 7.69. The Bertz CT molecular complexity index is 932. The van der Waals surface area contributed by atoms with Crippen LogP contribution in [0.25, 0.3) is 11.0 Å². The Morgan fingerprint density at radius 3 is 2.46 bits per heavy atom. The standard InChI is InChI=1S/C19H20N4O3/c1-3-23-16-8-6-5-7-15(16)21-18(23)22-17(24)13-9-11-14(12-10-13)20-19(25)26-4-2/h5-12H,3-4H2,1-2H3,(H,20,25)(H,21,22,24). The molecule has 3 aromatic rings. The average Bonchev–Trinajstić information content (AvgIpc) is 2.99. The Hall–Kier alpha value is -3.35. The number of benzene rings is 2. The molecule has 0 saturated carbocycles. The largest absolute Gasteiger partial charge is 0.450 e. The van der Waals surface area contributed by atoms with Gasteiger partial charge in [-0.2, -0.15) is 0 Å². The molecule has 3 rings (SSSR count). The SMILES string of the molecule is CCOC(=O)Nc1ccc(C(=O)Nc2nc3ccccc3n2CC)cc1. The van der Waals surface area contributed by atoms with E-state index in [0.717, 1.165) is 11.0 Å². The van der Waals surface area contributed by atoms with E-state index in [-0.39, 0.29) is 5.91 Å². The minimum atomic E-state index is -0.527. The van der Waals surface area contributed by atoms with E-state index in [4.69, 9.17) is 4.74 Å². The van der Waals surface area contributed by atoms with Crippen molar-refractivity contribution in [3.05, 3.63) is 54.1 Å². The molecule has 7 nitrogen and oxygen atoms in total. The number of imidazole rings is 1. The number of hydrogen-bond acceptors (Lipinski definition) is 4. The monoisotopic (exact) mass is 352 g/mol. The van der Waals surface area contributed by atoms with Crippen LogP contribution in [0, 0.1) is 0 Å². The maximum atomic E-state index is 12.5. The topological polar surface area (TPSA) is 85.2 Å². The Morgan fingerprint density at radius 1 is 1.04 bits per heavy atom. The van der Waals surface area contributed by atoms with Gasteiger partial charge < -0.3 is 9.30 Å². The lowest BCUT2D eigenvalue weighted by molar-refractivity contribution is 0.102. The summed E-state index contributed by atoms with van der Waals surface area (Å²) in [5, 5.41) is 5.43. The molecule has 0 aliphatic heterocycles. The number of carbonyl (C=O) groups excluding carboxylic acids is 2. The summed E-state index contributed by atoms with van der Waals surface area (Å²) in [5.41, 5.74) is 2.83. The van der Waals surface area contributed by atoms with Gasteiger partial charge in [0.2, 0.25) is 5.95 Å². The zero-order chi connectivity index (χ0) is 18.5. The molecule has 7 heteroatoms. The van der Waals surface area contributed by atoms with Crippen molar-refractivity contribution in [1.82, 2.24) is 9.55 Å². The van der Waals surface area contributed by atoms with Gasteiger partial charge in [-0.25, -0.2) is 9.78 Å². The van der Waals surface area contributed by atoms with E-state index in [1.165, 1.54) is 0 Å². The van der Waals surface area contributed by atoms with E-state index in [0.29, 0.717) is 30.4 Å². The third kappa shape index (κ3) is 3.66. The summed E-state index contributed by atoms with van der Waals surface area (Å²) in [5.74, 6) is 0.241. The molecule has 2 amide bonds. The van der Waals surface area contributed by atoms with Crippen molar-refractivity contribution in [2.75, 3.05) is 17.2 Å². The minimum Gasteiger partial charge on any atom is -0.450 e. The van der Waals surface area contributed by atoms with E-state index >= 15 is 0 Å². The number of hydrogen-bond donors (Lipinski definition) is 2. The predicted molar refractivity (Wildman–Crippen MR) is 100 cm³/mol. The molecular weight excluding hydrogens is 332 g/mol. The fraction of sp³-hybridized carbons (Fsp3) is 0.211. The van der Waals surface area contributed by atoms with Gasteiger partial charge in [0.15, 0.2) is 0 Å². The summed E-state index contributed by atoms with van der Waals surface area (Å²) < 4.78 is 6.76. The second-order valence-corrected chi connectivity index (χ2v) is 5.55. The Kier molecular flexibility index (Phi) is 5.17. The van der Waals surface area contributed by atoms with Crippen molar-refractivity contribution in [1.29, 1.82) is 0 Å². The van der Waals surface area contributed by atoms with Crippen LogP contribution in [0.15, 0.2) is 48.5 Å². The summed E-state index contributed by atoms with van der Waals surface area (Å²) in [7, 11) is 0. The summed E-state index contributed by atoms with van der Waals surface area (Å²) in [6, 6.07) is 14.3. The Balaban J connectivity index is 1.75. The van der Waals surface area contributed by atoms with Crippen molar-refractivity contribution in [3.8, 4) is 0 Å². The van der Waals surface area contributed by atoms with Gasteiger partial charge in [-0.15, -0.1) is 0 Å². The summed E-state index contributed by atoms with van der Waals surface area (Å²) in [4.78, 5) is 28.4. The van der Waals surface area contributed by atoms with E-state index < -0.39 is 6.09 Å². The Morgan fingerprint density at radius 2 is 1.77 bits per heavy atom. The molecule has 2 aromatic carbocycles. The molecule has 26 heavy (non-hydrogen) atoms. The number of nitrogens with zero attached hydrogens (tertiary/aromatic N) is 2. The van der Waals surface area contributed by atoms with Gasteiger partial charge in [-0.05, 0) is 50.2 Å². The van der Waals surface area contributed by atoms with E-state index in [2.05, 4.69) is 15.6 Å². The third-order valence-corrected chi connectivity index (χ3v) is 3.87. The fourth-order valence-electron chi connectivity index (χ4n) is 2.65. The number of aryl methyl sites for hydroxylation is 1. The zero-order valence-electron chi connectivity index (χ0n) is 14.7. The predicted octanol–water partition coefficient (Wildman–Crippen LogP) is 3.88. The van der Waals surface area contributed by atoms with Crippen molar-refractivity contribution in [3.63, 3.8) is 0 Å². The lowest BCUT2D eigenvalue weighted by Crippen LogP contribution is -2.16. The van der Waals surface area contributed by atoms with Crippen molar-refractivity contribution in [2.24, 2.45) is 0 Å². The summed E-state index contributed by atoms with van der Waals surface area (Å²) >= 11 is 0. The number of ether oxygens (including phenoxy) is 1. The first kappa shape index (κ1) is 17.5. The molecular formula is C19H20N4O3. The van der Waals surface area contributed by atoms with Crippen LogP contribution in [0.5, 0.6) is 0 Å². The first-order valence-corrected chi connectivity index (χ1v) is 8.42. The van der Waals surface area contributed by atoms with Crippen LogP contribution in [-0.4, -0.2) is 28.2 Å². The maximum absolute atomic E-state index is 12.5. The summed E-state index contributed by atoms with van der Waals surface area (Å²) in [6.45, 7) is 4.72. The quantitative estimate of drug-likeness (QED) is 0.730. The molecule has 0 spiro atoms. The minimum absolute atomic E-state index is 0.266. The van der Waals surface area contributed by atoms with Gasteiger partial charge in [-0.3, -0.25) is 15.4 Å². The van der Waals surface area contributed by atoms with Crippen LogP contribution < -0.4 is 10.6 Å². The lowest BCUT2D eigenvalue weighted by Gasteiger charge is -2.09. The number of rotatable bonds is 5. The smallest absolute Gasteiger partial charge is 0.411 e. The molecule has 0 fully saturated rings. The molecule has 1 aromatic heterocycles. The molecule has 0 radical (unpaired) electrons. The molecule has 0 unspecified atom stereocenters. The van der Waals surface area contributed by atoms with Crippen LogP contribution in [-0.2, 0) is 11.3 Å². The molecule has 134 valence electrons. The van der Waals surface area contributed by atoms with Crippen LogP contribution in [0.3, 0.4) is 0 Å². The Labute approximate surface area is 151 Å². The highest BCUT2D eigenvalue weighted by Crippen LogP contribution is 2.20. The fourth-order valence-corrected chi connectivity index (χ4v) is 2.65. The molecule has 2 N–H and O–H groups in total. The first-order chi connectivity index (χ1) is 12.6. The van der Waals surface area contributed by atoms with Gasteiger partial charge in [0.05, 0.1) is 17.6 Å². The molecule has 0 bridgehead atoms. The number of para-hydroxylation sites is 2. The first-order valence-electron chi connectivity index (χ1n) is 8.42. The number of amides is 2. The maximum Gasteiger partial charge on any atom is 0.411 e. The van der Waals surface area contributed by atoms with E-state index in [1.54, 1.807) is 31.2 Å². The van der Waals surface area contributed by atoms with Crippen molar-refractivity contribution < 1.29 is 14.3 Å². The lowest BCUT2D eigenvalue weighted by atomic mass is 10.2. The van der Waals surface area contributed by atoms with E-state index in [1.807, 2.05) is 35.8 Å². The van der Waals surface area contributed by atoms with Crippen LogP contribution in [0.2, 0.25) is 0 Å². The highest BCUT2D eigenvalue weighted by molar-refractivity contribution is 6.04. The number of aromatic nitrogens is 2. The number of nitrogens with one attached hydrogen (secondary N) is 2. The molecule has 1 heterocycles. The molecule has 0 aliphatic carbocycles. The average molecular weight is 352 g/mol. The van der Waals surface area contributed by atoms with Crippen LogP contribution in [0.1, 0.15) is 24.2 Å². The second-order valence-electron chi connectivity index (χ2n) is 5.55. The molecule has 0 aliphatic rings. The highest BCUT2D eigenvalue weighted by Gasteiger charge is 2.13. The van der Waals surface area contributed by atoms with Crippen molar-refractivity contribution in [2.45, 2.75) is 20.4 Å². The zero-order valence-corrected chi connectivity index (χ0v) is 14.7. The third-order valence-electron chi connectivity index (χ3n) is 3.87. The van der Waals surface area contributed by atoms with E-state index in [9.17, 15) is 9.59 Å². The number of anilines is 2. The van der Waals surface area contributed by atoms with Crippen molar-refractivity contribution >= 4 is 34.7 Å². The number of carbonyl (C=O) groups is 2. The number of fused-ring (bicyclic) bond motifs is 1. The normalized spacial score (nSPS) is 10.5. The van der Waals surface area contributed by atoms with Crippen LogP contribution >= 0.6 is 0 Å². The van der Waals surface area contributed by atoms with Gasteiger partial charge in [0, 0.05) is 17.8 Å².